The number of anilines is 1. The van der Waals surface area contributed by atoms with Crippen molar-refractivity contribution in [2.45, 2.75) is 44.7 Å². The maximum atomic E-state index is 12.3. The molecule has 1 aromatic carbocycles. The molecular formula is C18H22N4O4. The summed E-state index contributed by atoms with van der Waals surface area (Å²) in [7, 11) is 0. The third-order valence-corrected chi connectivity index (χ3v) is 4.68. The molecule has 1 aliphatic carbocycles. The van der Waals surface area contributed by atoms with Crippen LogP contribution in [0.4, 0.5) is 10.5 Å². The first-order valence-corrected chi connectivity index (χ1v) is 8.67. The molecule has 1 atom stereocenters. The fourth-order valence-corrected chi connectivity index (χ4v) is 2.71. The van der Waals surface area contributed by atoms with Crippen LogP contribution in [-0.2, 0) is 9.59 Å². The highest BCUT2D eigenvalue weighted by Gasteiger charge is 2.46. The third kappa shape index (κ3) is 3.68. The van der Waals surface area contributed by atoms with E-state index in [1.54, 1.807) is 38.1 Å². The van der Waals surface area contributed by atoms with E-state index in [4.69, 9.17) is 0 Å². The van der Waals surface area contributed by atoms with Gasteiger partial charge in [-0.25, -0.2) is 4.79 Å². The number of rotatable bonds is 6. The van der Waals surface area contributed by atoms with Gasteiger partial charge in [-0.05, 0) is 44.4 Å². The highest BCUT2D eigenvalue weighted by Crippen LogP contribution is 2.21. The lowest BCUT2D eigenvalue weighted by atomic mass is 9.99. The number of hydrogen-bond donors (Lipinski definition) is 3. The fraction of sp³-hybridized carbons (Fsp3) is 0.444. The van der Waals surface area contributed by atoms with Crippen molar-refractivity contribution in [1.82, 2.24) is 15.5 Å². The summed E-state index contributed by atoms with van der Waals surface area (Å²) in [5.41, 5.74) is -0.0925. The van der Waals surface area contributed by atoms with Gasteiger partial charge < -0.3 is 16.0 Å². The number of nitrogens with zero attached hydrogens (tertiary/aromatic N) is 1. The molecule has 0 bridgehead atoms. The summed E-state index contributed by atoms with van der Waals surface area (Å²) in [6, 6.07) is 6.21. The smallest absolute Gasteiger partial charge is 0.325 e. The van der Waals surface area contributed by atoms with E-state index < -0.39 is 23.4 Å². The van der Waals surface area contributed by atoms with Crippen molar-refractivity contribution in [2.24, 2.45) is 0 Å². The summed E-state index contributed by atoms with van der Waals surface area (Å²) in [5.74, 6) is -1.11. The van der Waals surface area contributed by atoms with Gasteiger partial charge in [0.2, 0.25) is 5.91 Å². The van der Waals surface area contributed by atoms with Crippen molar-refractivity contribution in [2.75, 3.05) is 11.9 Å². The maximum Gasteiger partial charge on any atom is 0.325 e. The Morgan fingerprint density at radius 3 is 2.65 bits per heavy atom. The first-order valence-electron chi connectivity index (χ1n) is 8.67. The first-order chi connectivity index (χ1) is 12.3. The molecule has 3 rings (SSSR count). The van der Waals surface area contributed by atoms with Crippen molar-refractivity contribution in [3.63, 3.8) is 0 Å². The van der Waals surface area contributed by atoms with Crippen molar-refractivity contribution in [1.29, 1.82) is 0 Å². The molecule has 0 aromatic heterocycles. The van der Waals surface area contributed by atoms with Crippen LogP contribution in [0.5, 0.6) is 0 Å². The molecule has 2 fully saturated rings. The molecule has 1 heterocycles. The van der Waals surface area contributed by atoms with E-state index in [0.717, 1.165) is 17.7 Å². The molecule has 8 nitrogen and oxygen atoms in total. The lowest BCUT2D eigenvalue weighted by Gasteiger charge is -2.19. The predicted molar refractivity (Wildman–Crippen MR) is 94.5 cm³/mol. The van der Waals surface area contributed by atoms with Crippen LogP contribution in [0.1, 0.15) is 43.5 Å². The zero-order valence-corrected chi connectivity index (χ0v) is 14.8. The Morgan fingerprint density at radius 2 is 2.04 bits per heavy atom. The summed E-state index contributed by atoms with van der Waals surface area (Å²) in [6.07, 6.45) is 2.42. The van der Waals surface area contributed by atoms with Crippen LogP contribution in [-0.4, -0.2) is 46.8 Å². The van der Waals surface area contributed by atoms with Gasteiger partial charge in [-0.15, -0.1) is 0 Å². The number of amides is 5. The number of urea groups is 1. The minimum absolute atomic E-state index is 0.184. The quantitative estimate of drug-likeness (QED) is 0.665. The van der Waals surface area contributed by atoms with E-state index in [1.165, 1.54) is 0 Å². The molecule has 1 saturated carbocycles. The molecule has 1 aliphatic heterocycles. The number of carbonyl (C=O) groups is 4. The molecule has 2 aliphatic rings. The summed E-state index contributed by atoms with van der Waals surface area (Å²) in [6.45, 7) is 3.05. The first kappa shape index (κ1) is 17.9. The monoisotopic (exact) mass is 358 g/mol. The Kier molecular flexibility index (Phi) is 4.67. The molecule has 1 saturated heterocycles. The van der Waals surface area contributed by atoms with Gasteiger partial charge >= 0.3 is 6.03 Å². The van der Waals surface area contributed by atoms with Crippen LogP contribution >= 0.6 is 0 Å². The normalized spacial score (nSPS) is 22.2. The average Bonchev–Trinajstić information content (AvgIpc) is 3.39. The van der Waals surface area contributed by atoms with E-state index in [0.29, 0.717) is 17.7 Å². The van der Waals surface area contributed by atoms with Gasteiger partial charge in [0.25, 0.3) is 11.8 Å². The molecule has 26 heavy (non-hydrogen) atoms. The zero-order valence-electron chi connectivity index (χ0n) is 14.8. The number of benzene rings is 1. The molecule has 0 spiro atoms. The van der Waals surface area contributed by atoms with Gasteiger partial charge in [0.1, 0.15) is 12.1 Å². The lowest BCUT2D eigenvalue weighted by molar-refractivity contribution is -0.133. The second-order valence-electron chi connectivity index (χ2n) is 6.88. The minimum atomic E-state index is -0.974. The molecule has 5 amide bonds. The van der Waals surface area contributed by atoms with Crippen molar-refractivity contribution in [3.05, 3.63) is 29.8 Å². The van der Waals surface area contributed by atoms with Crippen LogP contribution in [0.15, 0.2) is 24.3 Å². The van der Waals surface area contributed by atoms with Gasteiger partial charge in [0.05, 0.1) is 0 Å². The van der Waals surface area contributed by atoms with Crippen LogP contribution in [0.2, 0.25) is 0 Å². The highest BCUT2D eigenvalue weighted by molar-refractivity contribution is 6.10. The van der Waals surface area contributed by atoms with E-state index in [2.05, 4.69) is 16.0 Å². The average molecular weight is 358 g/mol. The standard InChI is InChI=1S/C18H22N4O4/c1-3-18(2)16(25)22(17(26)21-18)10-14(23)19-13-6-4-5-11(9-13)15(24)20-12-7-8-12/h4-6,9,12H,3,7-8,10H2,1-2H3,(H,19,23)(H,20,24)(H,21,26)/t18-/m1/s1. The second kappa shape index (κ2) is 6.78. The Bertz CT molecular complexity index is 774. The van der Waals surface area contributed by atoms with Crippen LogP contribution in [0, 0.1) is 0 Å². The SMILES string of the molecule is CC[C@@]1(C)NC(=O)N(CC(=O)Nc2cccc(C(=O)NC3CC3)c2)C1=O. The Labute approximate surface area is 151 Å². The summed E-state index contributed by atoms with van der Waals surface area (Å²) < 4.78 is 0. The lowest BCUT2D eigenvalue weighted by Crippen LogP contribution is -2.44. The van der Waals surface area contributed by atoms with Crippen LogP contribution < -0.4 is 16.0 Å². The molecule has 138 valence electrons. The molecule has 0 unspecified atom stereocenters. The maximum absolute atomic E-state index is 12.3. The summed E-state index contributed by atoms with van der Waals surface area (Å²) in [5, 5.41) is 8.11. The van der Waals surface area contributed by atoms with Crippen molar-refractivity contribution >= 4 is 29.4 Å². The fourth-order valence-electron chi connectivity index (χ4n) is 2.71. The highest BCUT2D eigenvalue weighted by atomic mass is 16.2. The number of carbonyl (C=O) groups excluding carboxylic acids is 4. The number of hydrogen-bond acceptors (Lipinski definition) is 4. The molecule has 0 radical (unpaired) electrons. The zero-order chi connectivity index (χ0) is 18.9. The van der Waals surface area contributed by atoms with Crippen molar-refractivity contribution < 1.29 is 19.2 Å². The molecular weight excluding hydrogens is 336 g/mol. The van der Waals surface area contributed by atoms with E-state index in [1.807, 2.05) is 0 Å². The Balaban J connectivity index is 1.62. The second-order valence-corrected chi connectivity index (χ2v) is 6.88. The third-order valence-electron chi connectivity index (χ3n) is 4.68. The van der Waals surface area contributed by atoms with E-state index in [-0.39, 0.29) is 18.5 Å². The minimum Gasteiger partial charge on any atom is -0.349 e. The van der Waals surface area contributed by atoms with E-state index >= 15 is 0 Å². The Hall–Kier alpha value is -2.90. The summed E-state index contributed by atoms with van der Waals surface area (Å²) in [4.78, 5) is 49.5. The predicted octanol–water partition coefficient (Wildman–Crippen LogP) is 1.24. The molecule has 8 heteroatoms. The van der Waals surface area contributed by atoms with Gasteiger partial charge in [0, 0.05) is 17.3 Å². The van der Waals surface area contributed by atoms with Gasteiger partial charge in [-0.3, -0.25) is 19.3 Å². The van der Waals surface area contributed by atoms with E-state index in [9.17, 15) is 19.2 Å². The largest absolute Gasteiger partial charge is 0.349 e. The topological polar surface area (TPSA) is 108 Å². The molecule has 3 N–H and O–H groups in total. The van der Waals surface area contributed by atoms with Crippen molar-refractivity contribution in [3.8, 4) is 0 Å². The molecule has 1 aromatic rings. The van der Waals surface area contributed by atoms with Gasteiger partial charge in [-0.2, -0.15) is 0 Å². The summed E-state index contributed by atoms with van der Waals surface area (Å²) >= 11 is 0. The Morgan fingerprint density at radius 1 is 1.31 bits per heavy atom. The van der Waals surface area contributed by atoms with Gasteiger partial charge in [-0.1, -0.05) is 13.0 Å². The van der Waals surface area contributed by atoms with Crippen LogP contribution in [0.3, 0.4) is 0 Å². The van der Waals surface area contributed by atoms with Gasteiger partial charge in [0.15, 0.2) is 0 Å². The van der Waals surface area contributed by atoms with Crippen LogP contribution in [0.25, 0.3) is 0 Å². The number of nitrogens with one attached hydrogen (secondary N) is 3. The number of imide groups is 1.